The minimum absolute atomic E-state index is 0. The van der Waals surface area contributed by atoms with Crippen LogP contribution >= 0.6 is 0 Å². The number of furan rings is 1. The zero-order chi connectivity index (χ0) is 13.5. The van der Waals surface area contributed by atoms with Gasteiger partial charge in [0.15, 0.2) is 11.5 Å². The first-order chi connectivity index (χ1) is 9.33. The zero-order valence-electron chi connectivity index (χ0n) is 11.7. The number of rotatable bonds is 7. The molecule has 1 aromatic heterocycles. The van der Waals surface area contributed by atoms with Crippen molar-refractivity contribution in [1.82, 2.24) is 5.32 Å². The highest BCUT2D eigenvalue weighted by Gasteiger charge is 2.05. The van der Waals surface area contributed by atoms with Gasteiger partial charge < -0.3 is 31.6 Å². The number of halogens is 1. The number of methoxy groups -OCH3 is 1. The van der Waals surface area contributed by atoms with Crippen LogP contribution in [0.25, 0.3) is 0 Å². The van der Waals surface area contributed by atoms with E-state index in [0.717, 1.165) is 29.4 Å². The van der Waals surface area contributed by atoms with Crippen LogP contribution in [0.2, 0.25) is 0 Å². The number of benzene rings is 1. The quantitative estimate of drug-likeness (QED) is 0.780. The van der Waals surface area contributed by atoms with Gasteiger partial charge in [0.2, 0.25) is 0 Å². The Morgan fingerprint density at radius 3 is 2.65 bits per heavy atom. The molecule has 110 valence electrons. The smallest absolute Gasteiger partial charge is 0.161 e. The summed E-state index contributed by atoms with van der Waals surface area (Å²) in [6.07, 6.45) is 1.68. The minimum Gasteiger partial charge on any atom is -1.00 e. The molecule has 0 atom stereocenters. The highest BCUT2D eigenvalue weighted by molar-refractivity contribution is 5.42. The molecule has 0 aliphatic carbocycles. The lowest BCUT2D eigenvalue weighted by Crippen LogP contribution is -3.00. The summed E-state index contributed by atoms with van der Waals surface area (Å²) in [4.78, 5) is 0. The van der Waals surface area contributed by atoms with Gasteiger partial charge in [0, 0.05) is 6.54 Å². The topological polar surface area (TPSA) is 43.6 Å². The van der Waals surface area contributed by atoms with Crippen molar-refractivity contribution in [2.45, 2.75) is 20.0 Å². The molecule has 2 rings (SSSR count). The van der Waals surface area contributed by atoms with E-state index >= 15 is 0 Å². The van der Waals surface area contributed by atoms with Crippen LogP contribution in [0.4, 0.5) is 0 Å². The molecule has 0 aliphatic rings. The fraction of sp³-hybridized carbons (Fsp3) is 0.333. The van der Waals surface area contributed by atoms with Gasteiger partial charge in [0.25, 0.3) is 0 Å². The lowest BCUT2D eigenvalue weighted by Gasteiger charge is -2.11. The van der Waals surface area contributed by atoms with Gasteiger partial charge in [0.1, 0.15) is 5.76 Å². The Kier molecular flexibility index (Phi) is 6.98. The van der Waals surface area contributed by atoms with E-state index in [1.165, 1.54) is 0 Å². The Morgan fingerprint density at radius 2 is 2.00 bits per heavy atom. The van der Waals surface area contributed by atoms with Crippen LogP contribution in [0.15, 0.2) is 41.0 Å². The van der Waals surface area contributed by atoms with Gasteiger partial charge in [-0.1, -0.05) is 6.07 Å². The summed E-state index contributed by atoms with van der Waals surface area (Å²) >= 11 is 0. The SMILES string of the molecule is CCOc1ccc(CNCc2ccco2)cc1OC.[Cl-]. The van der Waals surface area contributed by atoms with Gasteiger partial charge in [-0.3, -0.25) is 0 Å². The predicted molar refractivity (Wildman–Crippen MR) is 73.4 cm³/mol. The second-order valence-electron chi connectivity index (χ2n) is 4.10. The second-order valence-corrected chi connectivity index (χ2v) is 4.10. The molecular weight excluding hydrogens is 278 g/mol. The second kappa shape index (κ2) is 8.51. The van der Waals surface area contributed by atoms with Gasteiger partial charge >= 0.3 is 0 Å². The maximum Gasteiger partial charge on any atom is 0.161 e. The van der Waals surface area contributed by atoms with Gasteiger partial charge in [-0.2, -0.15) is 0 Å². The van der Waals surface area contributed by atoms with E-state index in [4.69, 9.17) is 13.9 Å². The van der Waals surface area contributed by atoms with E-state index in [1.807, 2.05) is 37.3 Å². The summed E-state index contributed by atoms with van der Waals surface area (Å²) in [6.45, 7) is 4.05. The standard InChI is InChI=1S/C15H19NO3.ClH/c1-3-18-14-7-6-12(9-15(14)17-2)10-16-11-13-5-4-8-19-13;/h4-9,16H,3,10-11H2,1-2H3;1H/p-1. The lowest BCUT2D eigenvalue weighted by molar-refractivity contribution is -0.00000521. The summed E-state index contributed by atoms with van der Waals surface area (Å²) in [5.41, 5.74) is 1.15. The van der Waals surface area contributed by atoms with Crippen molar-refractivity contribution in [1.29, 1.82) is 0 Å². The van der Waals surface area contributed by atoms with Crippen LogP contribution in [-0.4, -0.2) is 13.7 Å². The average molecular weight is 297 g/mol. The normalized spacial score (nSPS) is 9.90. The summed E-state index contributed by atoms with van der Waals surface area (Å²) in [5, 5.41) is 3.32. The first kappa shape index (κ1) is 16.4. The van der Waals surface area contributed by atoms with Crippen LogP contribution < -0.4 is 27.2 Å². The van der Waals surface area contributed by atoms with Gasteiger partial charge in [-0.05, 0) is 36.8 Å². The first-order valence-corrected chi connectivity index (χ1v) is 6.36. The molecule has 1 aromatic carbocycles. The molecule has 20 heavy (non-hydrogen) atoms. The molecule has 0 amide bonds. The van der Waals surface area contributed by atoms with Crippen molar-refractivity contribution in [3.8, 4) is 11.5 Å². The number of ether oxygens (including phenoxy) is 2. The Bertz CT molecular complexity index is 500. The summed E-state index contributed by atoms with van der Waals surface area (Å²) in [5.74, 6) is 2.47. The molecule has 1 N–H and O–H groups in total. The Balaban J connectivity index is 0.00000200. The molecule has 0 aliphatic heterocycles. The molecule has 5 heteroatoms. The highest BCUT2D eigenvalue weighted by Crippen LogP contribution is 2.27. The Morgan fingerprint density at radius 1 is 1.15 bits per heavy atom. The van der Waals surface area contributed by atoms with Crippen molar-refractivity contribution in [2.75, 3.05) is 13.7 Å². The number of nitrogens with one attached hydrogen (secondary N) is 1. The van der Waals surface area contributed by atoms with Crippen LogP contribution in [0.3, 0.4) is 0 Å². The molecular formula is C15H19ClNO3-. The molecule has 0 bridgehead atoms. The summed E-state index contributed by atoms with van der Waals surface area (Å²) < 4.78 is 16.1. The van der Waals surface area contributed by atoms with E-state index in [9.17, 15) is 0 Å². The summed E-state index contributed by atoms with van der Waals surface area (Å²) in [6, 6.07) is 9.79. The van der Waals surface area contributed by atoms with E-state index in [2.05, 4.69) is 5.32 Å². The van der Waals surface area contributed by atoms with Crippen molar-refractivity contribution >= 4 is 0 Å². The third kappa shape index (κ3) is 4.47. The van der Waals surface area contributed by atoms with Crippen LogP contribution in [0.5, 0.6) is 11.5 Å². The van der Waals surface area contributed by atoms with Gasteiger partial charge in [-0.15, -0.1) is 0 Å². The third-order valence-electron chi connectivity index (χ3n) is 2.74. The van der Waals surface area contributed by atoms with E-state index < -0.39 is 0 Å². The molecule has 1 heterocycles. The highest BCUT2D eigenvalue weighted by atomic mass is 35.5. The largest absolute Gasteiger partial charge is 1.00 e. The van der Waals surface area contributed by atoms with Crippen LogP contribution in [0.1, 0.15) is 18.2 Å². The monoisotopic (exact) mass is 296 g/mol. The van der Waals surface area contributed by atoms with Gasteiger partial charge in [0.05, 0.1) is 26.5 Å². The molecule has 0 saturated carbocycles. The number of hydrogen-bond donors (Lipinski definition) is 1. The van der Waals surface area contributed by atoms with Crippen LogP contribution in [-0.2, 0) is 13.1 Å². The maximum atomic E-state index is 5.49. The molecule has 4 nitrogen and oxygen atoms in total. The third-order valence-corrected chi connectivity index (χ3v) is 2.74. The zero-order valence-corrected chi connectivity index (χ0v) is 12.4. The molecule has 0 spiro atoms. The molecule has 0 fully saturated rings. The molecule has 0 radical (unpaired) electrons. The fourth-order valence-electron chi connectivity index (χ4n) is 1.84. The Labute approximate surface area is 125 Å². The van der Waals surface area contributed by atoms with Crippen molar-refractivity contribution < 1.29 is 26.3 Å². The molecule has 0 unspecified atom stereocenters. The van der Waals surface area contributed by atoms with E-state index in [1.54, 1.807) is 13.4 Å². The van der Waals surface area contributed by atoms with Gasteiger partial charge in [-0.25, -0.2) is 0 Å². The fourth-order valence-corrected chi connectivity index (χ4v) is 1.84. The van der Waals surface area contributed by atoms with Crippen molar-refractivity contribution in [3.05, 3.63) is 47.9 Å². The summed E-state index contributed by atoms with van der Waals surface area (Å²) in [7, 11) is 1.65. The average Bonchev–Trinajstić information content (AvgIpc) is 2.94. The van der Waals surface area contributed by atoms with E-state index in [0.29, 0.717) is 13.2 Å². The molecule has 0 saturated heterocycles. The van der Waals surface area contributed by atoms with Crippen molar-refractivity contribution in [2.24, 2.45) is 0 Å². The predicted octanol–water partition coefficient (Wildman–Crippen LogP) is -0.0193. The van der Waals surface area contributed by atoms with E-state index in [-0.39, 0.29) is 12.4 Å². The lowest BCUT2D eigenvalue weighted by atomic mass is 10.2. The molecule has 2 aromatic rings. The minimum atomic E-state index is 0. The van der Waals surface area contributed by atoms with Crippen LogP contribution in [0, 0.1) is 0 Å². The van der Waals surface area contributed by atoms with Crippen molar-refractivity contribution in [3.63, 3.8) is 0 Å². The Hall–Kier alpha value is -1.65. The first-order valence-electron chi connectivity index (χ1n) is 6.36. The number of hydrogen-bond acceptors (Lipinski definition) is 4. The maximum absolute atomic E-state index is 5.49.